The van der Waals surface area contributed by atoms with E-state index in [2.05, 4.69) is 10.3 Å². The molecule has 0 saturated heterocycles. The minimum Gasteiger partial charge on any atom is -0.324 e. The molecule has 0 spiro atoms. The number of carbonyl (C=O) groups excluding carboxylic acids is 1. The van der Waals surface area contributed by atoms with Crippen molar-refractivity contribution in [3.63, 3.8) is 0 Å². The number of halogens is 2. The summed E-state index contributed by atoms with van der Waals surface area (Å²) in [6.45, 7) is 0.924. The molecule has 124 valence electrons. The molecule has 0 bridgehead atoms. The van der Waals surface area contributed by atoms with Crippen molar-refractivity contribution in [1.82, 2.24) is 4.98 Å². The molecule has 1 amide bonds. The van der Waals surface area contributed by atoms with Crippen LogP contribution in [-0.2, 0) is 11.3 Å². The smallest absolute Gasteiger partial charge is 0.279 e. The van der Waals surface area contributed by atoms with E-state index in [9.17, 15) is 9.18 Å². The number of benzene rings is 2. The van der Waals surface area contributed by atoms with Gasteiger partial charge in [-0.25, -0.2) is 9.37 Å². The topological polar surface area (TPSA) is 46.4 Å². The number of carbonyl (C=O) groups is 1. The number of amides is 1. The molecule has 24 heavy (non-hydrogen) atoms. The third kappa shape index (κ3) is 4.08. The van der Waals surface area contributed by atoms with E-state index in [0.29, 0.717) is 12.2 Å². The highest BCUT2D eigenvalue weighted by Gasteiger charge is 2.14. The molecule has 7 heteroatoms. The largest absolute Gasteiger partial charge is 0.324 e. The average Bonchev–Trinajstić information content (AvgIpc) is 2.91. The molecule has 1 heterocycles. The van der Waals surface area contributed by atoms with Gasteiger partial charge in [0, 0.05) is 0 Å². The Hall–Kier alpha value is -2.02. The predicted molar refractivity (Wildman–Crippen MR) is 95.1 cm³/mol. The van der Waals surface area contributed by atoms with Gasteiger partial charge in [0.25, 0.3) is 5.91 Å². The first kappa shape index (κ1) is 16.8. The zero-order chi connectivity index (χ0) is 17.1. The van der Waals surface area contributed by atoms with Gasteiger partial charge in [-0.3, -0.25) is 4.79 Å². The van der Waals surface area contributed by atoms with Gasteiger partial charge < -0.3 is 10.2 Å². The van der Waals surface area contributed by atoms with E-state index in [4.69, 9.17) is 11.6 Å². The second-order valence-corrected chi connectivity index (χ2v) is 7.08. The lowest BCUT2D eigenvalue weighted by Crippen LogP contribution is -3.08. The fraction of sp³-hybridized carbons (Fsp3) is 0.176. The number of aromatic nitrogens is 1. The molecule has 1 aromatic heterocycles. The minimum atomic E-state index is -0.434. The number of hydrogen-bond donors (Lipinski definition) is 2. The third-order valence-corrected chi connectivity index (χ3v) is 4.81. The summed E-state index contributed by atoms with van der Waals surface area (Å²) in [5, 5.41) is 3.88. The van der Waals surface area contributed by atoms with E-state index in [0.717, 1.165) is 20.1 Å². The lowest BCUT2D eigenvalue weighted by molar-refractivity contribution is -0.885. The van der Waals surface area contributed by atoms with Crippen molar-refractivity contribution in [2.45, 2.75) is 6.54 Å². The maximum Gasteiger partial charge on any atom is 0.279 e. The lowest BCUT2D eigenvalue weighted by Gasteiger charge is -2.13. The fourth-order valence-electron chi connectivity index (χ4n) is 2.38. The first-order valence-corrected chi connectivity index (χ1v) is 8.61. The summed E-state index contributed by atoms with van der Waals surface area (Å²) in [4.78, 5) is 17.7. The van der Waals surface area contributed by atoms with Crippen LogP contribution in [0, 0.1) is 5.82 Å². The van der Waals surface area contributed by atoms with Crippen LogP contribution in [0.4, 0.5) is 10.1 Å². The number of thiazole rings is 1. The summed E-state index contributed by atoms with van der Waals surface area (Å²) < 4.78 is 14.2. The van der Waals surface area contributed by atoms with Crippen molar-refractivity contribution in [2.24, 2.45) is 0 Å². The molecule has 0 fully saturated rings. The molecule has 0 radical (unpaired) electrons. The van der Waals surface area contributed by atoms with Crippen molar-refractivity contribution in [3.8, 4) is 0 Å². The molecule has 0 aliphatic heterocycles. The Morgan fingerprint density at radius 1 is 1.33 bits per heavy atom. The van der Waals surface area contributed by atoms with Crippen LogP contribution in [0.3, 0.4) is 0 Å². The standard InChI is InChI=1S/C17H15ClFN3OS/c1-22(10-17-21-14-4-2-3-5-15(14)24-17)9-16(23)20-13-7-6-11(19)8-12(13)18/h2-8H,9-10H2,1H3,(H,20,23)/p+1. The molecule has 1 unspecified atom stereocenters. The highest BCUT2D eigenvalue weighted by Crippen LogP contribution is 2.22. The molecule has 3 rings (SSSR count). The second kappa shape index (κ2) is 7.25. The molecule has 0 aliphatic rings. The van der Waals surface area contributed by atoms with Crippen molar-refractivity contribution in [1.29, 1.82) is 0 Å². The van der Waals surface area contributed by atoms with Gasteiger partial charge in [-0.15, -0.1) is 11.3 Å². The van der Waals surface area contributed by atoms with Crippen molar-refractivity contribution in [3.05, 3.63) is 58.3 Å². The Morgan fingerprint density at radius 3 is 2.88 bits per heavy atom. The molecule has 3 aromatic rings. The van der Waals surface area contributed by atoms with Crippen molar-refractivity contribution < 1.29 is 14.1 Å². The summed E-state index contributed by atoms with van der Waals surface area (Å²) >= 11 is 7.55. The quantitative estimate of drug-likeness (QED) is 0.731. The van der Waals surface area contributed by atoms with Gasteiger partial charge in [0.2, 0.25) is 0 Å². The zero-order valence-corrected chi connectivity index (χ0v) is 14.5. The van der Waals surface area contributed by atoms with E-state index < -0.39 is 5.82 Å². The van der Waals surface area contributed by atoms with E-state index >= 15 is 0 Å². The van der Waals surface area contributed by atoms with E-state index in [-0.39, 0.29) is 17.5 Å². The number of rotatable bonds is 5. The monoisotopic (exact) mass is 364 g/mol. The van der Waals surface area contributed by atoms with E-state index in [1.54, 1.807) is 11.3 Å². The van der Waals surface area contributed by atoms with Gasteiger partial charge in [0.1, 0.15) is 17.4 Å². The van der Waals surface area contributed by atoms with Crippen molar-refractivity contribution in [2.75, 3.05) is 18.9 Å². The van der Waals surface area contributed by atoms with Gasteiger partial charge >= 0.3 is 0 Å². The molecule has 1 atom stereocenters. The van der Waals surface area contributed by atoms with Gasteiger partial charge in [0.15, 0.2) is 6.54 Å². The third-order valence-electron chi connectivity index (χ3n) is 3.46. The van der Waals surface area contributed by atoms with Gasteiger partial charge in [-0.1, -0.05) is 23.7 Å². The van der Waals surface area contributed by atoms with Crippen LogP contribution in [0.25, 0.3) is 10.2 Å². The number of quaternary nitrogens is 1. The molecule has 0 aliphatic carbocycles. The molecular weight excluding hydrogens is 349 g/mol. The summed E-state index contributed by atoms with van der Waals surface area (Å²) in [6.07, 6.45) is 0. The van der Waals surface area contributed by atoms with Crippen LogP contribution < -0.4 is 10.2 Å². The Morgan fingerprint density at radius 2 is 2.12 bits per heavy atom. The van der Waals surface area contributed by atoms with Crippen LogP contribution in [0.15, 0.2) is 42.5 Å². The summed E-state index contributed by atoms with van der Waals surface area (Å²) in [5.41, 5.74) is 1.39. The normalized spacial score (nSPS) is 12.3. The Labute approximate surface area is 147 Å². The second-order valence-electron chi connectivity index (χ2n) is 5.56. The first-order valence-electron chi connectivity index (χ1n) is 7.42. The molecule has 2 N–H and O–H groups in total. The van der Waals surface area contributed by atoms with Crippen LogP contribution in [-0.4, -0.2) is 24.5 Å². The zero-order valence-electron chi connectivity index (χ0n) is 13.0. The summed E-state index contributed by atoms with van der Waals surface area (Å²) in [7, 11) is 1.93. The maximum atomic E-state index is 13.0. The number of likely N-dealkylation sites (N-methyl/N-ethyl adjacent to an activating group) is 1. The summed E-state index contributed by atoms with van der Waals surface area (Å²) in [6, 6.07) is 11.9. The summed E-state index contributed by atoms with van der Waals surface area (Å²) in [5.74, 6) is -0.612. The molecule has 4 nitrogen and oxygen atoms in total. The highest BCUT2D eigenvalue weighted by atomic mass is 35.5. The number of para-hydroxylation sites is 1. The van der Waals surface area contributed by atoms with Crippen molar-refractivity contribution >= 4 is 44.7 Å². The first-order chi connectivity index (χ1) is 11.5. The average molecular weight is 365 g/mol. The van der Waals surface area contributed by atoms with Crippen LogP contribution >= 0.6 is 22.9 Å². The Balaban J connectivity index is 1.59. The van der Waals surface area contributed by atoms with Crippen LogP contribution in [0.5, 0.6) is 0 Å². The number of nitrogens with zero attached hydrogens (tertiary/aromatic N) is 1. The SMILES string of the molecule is C[NH+](CC(=O)Nc1ccc(F)cc1Cl)Cc1nc2ccccc2s1. The molecule has 0 saturated carbocycles. The van der Waals surface area contributed by atoms with Crippen LogP contribution in [0.1, 0.15) is 5.01 Å². The minimum absolute atomic E-state index is 0.179. The maximum absolute atomic E-state index is 13.0. The van der Waals surface area contributed by atoms with Gasteiger partial charge in [0.05, 0.1) is 28.0 Å². The Kier molecular flexibility index (Phi) is 5.08. The Bertz CT molecular complexity index is 850. The molecule has 2 aromatic carbocycles. The van der Waals surface area contributed by atoms with E-state index in [1.807, 2.05) is 31.3 Å². The number of nitrogens with one attached hydrogen (secondary N) is 2. The lowest BCUT2D eigenvalue weighted by atomic mass is 10.3. The molecular formula is C17H16ClFN3OS+. The number of hydrogen-bond acceptors (Lipinski definition) is 3. The predicted octanol–water partition coefficient (Wildman–Crippen LogP) is 2.74. The highest BCUT2D eigenvalue weighted by molar-refractivity contribution is 7.18. The fourth-order valence-corrected chi connectivity index (χ4v) is 3.67. The van der Waals surface area contributed by atoms with Crippen LogP contribution in [0.2, 0.25) is 5.02 Å². The van der Waals surface area contributed by atoms with E-state index in [1.165, 1.54) is 18.2 Å². The number of fused-ring (bicyclic) bond motifs is 1. The van der Waals surface area contributed by atoms with Gasteiger partial charge in [-0.2, -0.15) is 0 Å². The number of anilines is 1. The van der Waals surface area contributed by atoms with Gasteiger partial charge in [-0.05, 0) is 30.3 Å².